The molecule has 2 fully saturated rings. The summed E-state index contributed by atoms with van der Waals surface area (Å²) >= 11 is 5.77. The lowest BCUT2D eigenvalue weighted by Crippen LogP contribution is -2.37. The minimum Gasteiger partial charge on any atom is -0.352 e. The third kappa shape index (κ3) is 4.38. The zero-order valence-corrected chi connectivity index (χ0v) is 15.0. The van der Waals surface area contributed by atoms with Gasteiger partial charge in [0.1, 0.15) is 5.82 Å². The molecule has 0 N–H and O–H groups in total. The smallest absolute Gasteiger partial charge is 0.160 e. The van der Waals surface area contributed by atoms with Gasteiger partial charge in [-0.2, -0.15) is 0 Å². The van der Waals surface area contributed by atoms with Gasteiger partial charge in [0.15, 0.2) is 6.29 Å². The third-order valence-corrected chi connectivity index (χ3v) is 5.47. The maximum absolute atomic E-state index is 13.6. The average Bonchev–Trinajstić information content (AvgIpc) is 2.63. The second-order valence-electron chi connectivity index (χ2n) is 6.92. The van der Waals surface area contributed by atoms with Gasteiger partial charge in [0.05, 0.1) is 18.2 Å². The maximum atomic E-state index is 13.6. The van der Waals surface area contributed by atoms with Crippen LogP contribution in [0.5, 0.6) is 0 Å². The molecule has 1 heterocycles. The van der Waals surface area contributed by atoms with Gasteiger partial charge >= 0.3 is 0 Å². The fourth-order valence-electron chi connectivity index (χ4n) is 3.74. The highest BCUT2D eigenvalue weighted by Crippen LogP contribution is 2.39. The second kappa shape index (κ2) is 8.46. The van der Waals surface area contributed by atoms with Gasteiger partial charge in [-0.3, -0.25) is 0 Å². The van der Waals surface area contributed by atoms with Crippen LogP contribution in [-0.4, -0.2) is 19.5 Å². The van der Waals surface area contributed by atoms with Crippen LogP contribution in [0.15, 0.2) is 30.4 Å². The molecule has 1 aliphatic heterocycles. The standard InChI is InChI=1S/C20H26ClFO2/c1-2-3-4-14-12-23-20(24-13-14)16-7-5-15(6-8-16)17-9-10-18(21)19(22)11-17/h3-4,9-11,14-16,20H,2,5-8,12-13H2,1H3/b4-3+/t14-,15-,16-,20-. The molecule has 0 radical (unpaired) electrons. The number of hydrogen-bond acceptors (Lipinski definition) is 2. The van der Waals surface area contributed by atoms with Crippen LogP contribution < -0.4 is 0 Å². The molecule has 1 saturated carbocycles. The molecule has 132 valence electrons. The van der Waals surface area contributed by atoms with Gasteiger partial charge in [-0.25, -0.2) is 4.39 Å². The van der Waals surface area contributed by atoms with Crippen molar-refractivity contribution in [1.29, 1.82) is 0 Å². The lowest BCUT2D eigenvalue weighted by Gasteiger charge is -2.37. The summed E-state index contributed by atoms with van der Waals surface area (Å²) in [5, 5.41) is 0.197. The van der Waals surface area contributed by atoms with E-state index in [2.05, 4.69) is 19.1 Å². The van der Waals surface area contributed by atoms with Crippen LogP contribution in [0, 0.1) is 17.7 Å². The molecule has 0 spiro atoms. The molecule has 1 saturated heterocycles. The summed E-state index contributed by atoms with van der Waals surface area (Å²) in [4.78, 5) is 0. The predicted octanol–water partition coefficient (Wildman–Crippen LogP) is 5.71. The second-order valence-corrected chi connectivity index (χ2v) is 7.32. The summed E-state index contributed by atoms with van der Waals surface area (Å²) in [6, 6.07) is 5.20. The van der Waals surface area contributed by atoms with Crippen LogP contribution in [0.1, 0.15) is 50.5 Å². The summed E-state index contributed by atoms with van der Waals surface area (Å²) in [5.74, 6) is 0.933. The minimum atomic E-state index is -0.318. The molecule has 0 atom stereocenters. The predicted molar refractivity (Wildman–Crippen MR) is 94.7 cm³/mol. The van der Waals surface area contributed by atoms with E-state index in [0.29, 0.717) is 17.8 Å². The maximum Gasteiger partial charge on any atom is 0.160 e. The van der Waals surface area contributed by atoms with E-state index in [-0.39, 0.29) is 17.1 Å². The Morgan fingerprint density at radius 2 is 1.88 bits per heavy atom. The molecule has 4 heteroatoms. The molecule has 1 aliphatic carbocycles. The first-order chi connectivity index (χ1) is 11.7. The van der Waals surface area contributed by atoms with Crippen molar-refractivity contribution in [2.75, 3.05) is 13.2 Å². The molecule has 0 amide bonds. The Bertz CT molecular complexity index is 559. The highest BCUT2D eigenvalue weighted by Gasteiger charge is 2.32. The summed E-state index contributed by atoms with van der Waals surface area (Å²) < 4.78 is 25.6. The molecule has 0 bridgehead atoms. The SMILES string of the molecule is CC/C=C/[C@H]1CO[C@H]([C@H]2CC[C@H](c3ccc(Cl)c(F)c3)CC2)OC1. The fourth-order valence-corrected chi connectivity index (χ4v) is 3.85. The molecule has 3 rings (SSSR count). The summed E-state index contributed by atoms with van der Waals surface area (Å²) in [7, 11) is 0. The normalized spacial score (nSPS) is 31.5. The number of benzene rings is 1. The van der Waals surface area contributed by atoms with Crippen molar-refractivity contribution in [3.05, 3.63) is 46.8 Å². The van der Waals surface area contributed by atoms with Crippen molar-refractivity contribution in [1.82, 2.24) is 0 Å². The Labute approximate surface area is 149 Å². The van der Waals surface area contributed by atoms with Gasteiger partial charge < -0.3 is 9.47 Å². The van der Waals surface area contributed by atoms with Gasteiger partial charge in [-0.05, 0) is 55.7 Å². The van der Waals surface area contributed by atoms with Crippen molar-refractivity contribution in [3.63, 3.8) is 0 Å². The number of halogens is 2. The Morgan fingerprint density at radius 1 is 1.17 bits per heavy atom. The molecule has 2 aliphatic rings. The Morgan fingerprint density at radius 3 is 2.50 bits per heavy atom. The molecule has 2 nitrogen and oxygen atoms in total. The van der Waals surface area contributed by atoms with E-state index in [0.717, 1.165) is 50.9 Å². The van der Waals surface area contributed by atoms with Crippen molar-refractivity contribution in [2.45, 2.75) is 51.2 Å². The van der Waals surface area contributed by atoms with Gasteiger partial charge in [-0.15, -0.1) is 0 Å². The fraction of sp³-hybridized carbons (Fsp3) is 0.600. The first kappa shape index (κ1) is 17.9. The summed E-state index contributed by atoms with van der Waals surface area (Å²) in [6.45, 7) is 3.64. The largest absolute Gasteiger partial charge is 0.352 e. The molecule has 0 unspecified atom stereocenters. The Balaban J connectivity index is 1.49. The van der Waals surface area contributed by atoms with Gasteiger partial charge in [0.2, 0.25) is 0 Å². The first-order valence-corrected chi connectivity index (χ1v) is 9.40. The minimum absolute atomic E-state index is 0.0702. The molecule has 24 heavy (non-hydrogen) atoms. The number of ether oxygens (including phenoxy) is 2. The van der Waals surface area contributed by atoms with Crippen molar-refractivity contribution in [3.8, 4) is 0 Å². The van der Waals surface area contributed by atoms with Crippen LogP contribution in [0.4, 0.5) is 4.39 Å². The molecule has 1 aromatic rings. The topological polar surface area (TPSA) is 18.5 Å². The van der Waals surface area contributed by atoms with E-state index in [1.165, 1.54) is 0 Å². The zero-order valence-electron chi connectivity index (χ0n) is 14.2. The quantitative estimate of drug-likeness (QED) is 0.646. The van der Waals surface area contributed by atoms with E-state index >= 15 is 0 Å². The number of rotatable bonds is 4. The van der Waals surface area contributed by atoms with Crippen LogP contribution in [0.25, 0.3) is 0 Å². The van der Waals surface area contributed by atoms with Crippen molar-refractivity contribution >= 4 is 11.6 Å². The summed E-state index contributed by atoms with van der Waals surface area (Å²) in [6.07, 6.45) is 9.58. The molecular formula is C20H26ClFO2. The van der Waals surface area contributed by atoms with Gasteiger partial charge in [-0.1, -0.05) is 36.7 Å². The van der Waals surface area contributed by atoms with E-state index in [1.54, 1.807) is 12.1 Å². The van der Waals surface area contributed by atoms with Gasteiger partial charge in [0.25, 0.3) is 0 Å². The van der Waals surface area contributed by atoms with Crippen LogP contribution in [0.3, 0.4) is 0 Å². The Kier molecular flexibility index (Phi) is 6.31. The zero-order chi connectivity index (χ0) is 16.9. The van der Waals surface area contributed by atoms with Crippen molar-refractivity contribution < 1.29 is 13.9 Å². The van der Waals surface area contributed by atoms with E-state index in [9.17, 15) is 4.39 Å². The highest BCUT2D eigenvalue weighted by molar-refractivity contribution is 6.30. The number of allylic oxidation sites excluding steroid dienone is 1. The lowest BCUT2D eigenvalue weighted by molar-refractivity contribution is -0.222. The lowest BCUT2D eigenvalue weighted by atomic mass is 9.78. The van der Waals surface area contributed by atoms with E-state index in [1.807, 2.05) is 6.07 Å². The van der Waals surface area contributed by atoms with Crippen LogP contribution in [-0.2, 0) is 9.47 Å². The van der Waals surface area contributed by atoms with Crippen LogP contribution >= 0.6 is 11.6 Å². The Hall–Kier alpha value is -0.900. The number of hydrogen-bond donors (Lipinski definition) is 0. The van der Waals surface area contributed by atoms with Crippen LogP contribution in [0.2, 0.25) is 5.02 Å². The van der Waals surface area contributed by atoms with Gasteiger partial charge in [0, 0.05) is 11.8 Å². The van der Waals surface area contributed by atoms with E-state index < -0.39 is 0 Å². The van der Waals surface area contributed by atoms with Crippen molar-refractivity contribution in [2.24, 2.45) is 11.8 Å². The average molecular weight is 353 g/mol. The highest BCUT2D eigenvalue weighted by atomic mass is 35.5. The monoisotopic (exact) mass is 352 g/mol. The summed E-state index contributed by atoms with van der Waals surface area (Å²) in [5.41, 5.74) is 1.06. The first-order valence-electron chi connectivity index (χ1n) is 9.02. The molecular weight excluding hydrogens is 327 g/mol. The third-order valence-electron chi connectivity index (χ3n) is 5.16. The molecule has 1 aromatic carbocycles. The molecule has 0 aromatic heterocycles. The van der Waals surface area contributed by atoms with E-state index in [4.69, 9.17) is 21.1 Å².